The summed E-state index contributed by atoms with van der Waals surface area (Å²) in [5.41, 5.74) is 1.06. The maximum Gasteiger partial charge on any atom is 0.289 e. The fraction of sp³-hybridized carbons (Fsp3) is 0.333. The molecule has 2 aromatic rings. The second kappa shape index (κ2) is 7.66. The van der Waals surface area contributed by atoms with Gasteiger partial charge in [0.25, 0.3) is 5.91 Å². The third-order valence-electron chi connectivity index (χ3n) is 4.24. The number of hydrogen-bond acceptors (Lipinski definition) is 3. The van der Waals surface area contributed by atoms with Crippen LogP contribution in [0.4, 0.5) is 0 Å². The van der Waals surface area contributed by atoms with Gasteiger partial charge in [0.05, 0.1) is 6.26 Å². The first kappa shape index (κ1) is 16.8. The number of hydrogen-bond donors (Lipinski definition) is 1. The Morgan fingerprint density at radius 2 is 2.00 bits per heavy atom. The number of likely N-dealkylation sites (tertiary alicyclic amines) is 1. The van der Waals surface area contributed by atoms with E-state index >= 15 is 0 Å². The molecule has 126 valence electrons. The number of amides is 2. The summed E-state index contributed by atoms with van der Waals surface area (Å²) in [6.07, 6.45) is 2.85. The Kier molecular flexibility index (Phi) is 5.35. The summed E-state index contributed by atoms with van der Waals surface area (Å²) in [7, 11) is 0. The zero-order valence-electron chi connectivity index (χ0n) is 13.2. The number of piperidine rings is 1. The zero-order chi connectivity index (χ0) is 16.9. The number of rotatable bonds is 4. The molecule has 1 saturated heterocycles. The zero-order valence-corrected chi connectivity index (χ0v) is 14.8. The Morgan fingerprint density at radius 3 is 2.67 bits per heavy atom. The van der Waals surface area contributed by atoms with Gasteiger partial charge in [-0.25, -0.2) is 0 Å². The highest BCUT2D eigenvalue weighted by molar-refractivity contribution is 9.10. The van der Waals surface area contributed by atoms with Gasteiger partial charge in [0.2, 0.25) is 5.91 Å². The Bertz CT molecular complexity index is 707. The molecule has 2 amide bonds. The van der Waals surface area contributed by atoms with Gasteiger partial charge >= 0.3 is 0 Å². The second-order valence-corrected chi connectivity index (χ2v) is 6.81. The molecule has 6 heteroatoms. The van der Waals surface area contributed by atoms with Crippen molar-refractivity contribution in [2.75, 3.05) is 13.1 Å². The summed E-state index contributed by atoms with van der Waals surface area (Å²) >= 11 is 3.42. The van der Waals surface area contributed by atoms with Gasteiger partial charge in [-0.2, -0.15) is 0 Å². The normalized spacial score (nSPS) is 15.3. The lowest BCUT2D eigenvalue weighted by atomic mass is 9.95. The lowest BCUT2D eigenvalue weighted by Crippen LogP contribution is -2.42. The van der Waals surface area contributed by atoms with Crippen LogP contribution in [0.15, 0.2) is 51.6 Å². The van der Waals surface area contributed by atoms with Crippen molar-refractivity contribution in [1.29, 1.82) is 0 Å². The summed E-state index contributed by atoms with van der Waals surface area (Å²) in [4.78, 5) is 26.3. The minimum atomic E-state index is -0.104. The van der Waals surface area contributed by atoms with Crippen molar-refractivity contribution < 1.29 is 14.0 Å². The highest BCUT2D eigenvalue weighted by Gasteiger charge is 2.28. The van der Waals surface area contributed by atoms with Crippen LogP contribution in [0, 0.1) is 5.92 Å². The molecule has 1 aromatic heterocycles. The molecule has 3 rings (SSSR count). The predicted molar refractivity (Wildman–Crippen MR) is 93.3 cm³/mol. The molecule has 1 aromatic carbocycles. The van der Waals surface area contributed by atoms with E-state index in [-0.39, 0.29) is 17.7 Å². The van der Waals surface area contributed by atoms with Gasteiger partial charge in [-0.3, -0.25) is 9.59 Å². The van der Waals surface area contributed by atoms with Gasteiger partial charge in [0.15, 0.2) is 5.76 Å². The molecule has 2 heterocycles. The first-order valence-electron chi connectivity index (χ1n) is 7.98. The van der Waals surface area contributed by atoms with Crippen LogP contribution in [-0.4, -0.2) is 29.8 Å². The fourth-order valence-electron chi connectivity index (χ4n) is 2.88. The Balaban J connectivity index is 1.47. The van der Waals surface area contributed by atoms with Crippen molar-refractivity contribution in [3.63, 3.8) is 0 Å². The van der Waals surface area contributed by atoms with Crippen molar-refractivity contribution in [1.82, 2.24) is 10.2 Å². The molecule has 5 nitrogen and oxygen atoms in total. The summed E-state index contributed by atoms with van der Waals surface area (Å²) in [5, 5.41) is 2.99. The molecule has 1 aliphatic heterocycles. The standard InChI is InChI=1S/C18H19BrN2O3/c19-15-4-1-3-13(11-15)12-20-17(22)14-6-8-21(9-7-14)18(23)16-5-2-10-24-16/h1-5,10-11,14H,6-9,12H2,(H,20,22). The van der Waals surface area contributed by atoms with E-state index in [4.69, 9.17) is 4.42 Å². The molecule has 0 aliphatic carbocycles. The summed E-state index contributed by atoms with van der Waals surface area (Å²) in [6.45, 7) is 1.67. The number of carbonyl (C=O) groups is 2. The van der Waals surface area contributed by atoms with E-state index in [1.807, 2.05) is 24.3 Å². The summed E-state index contributed by atoms with van der Waals surface area (Å²) in [6, 6.07) is 11.2. The van der Waals surface area contributed by atoms with E-state index in [0.29, 0.717) is 38.2 Å². The topological polar surface area (TPSA) is 62.6 Å². The third-order valence-corrected chi connectivity index (χ3v) is 4.73. The quantitative estimate of drug-likeness (QED) is 0.871. The van der Waals surface area contributed by atoms with Gasteiger partial charge in [0, 0.05) is 30.0 Å². The molecule has 1 aliphatic rings. The Morgan fingerprint density at radius 1 is 1.21 bits per heavy atom. The SMILES string of the molecule is O=C(NCc1cccc(Br)c1)C1CCN(C(=O)c2ccco2)CC1. The molecule has 1 N–H and O–H groups in total. The van der Waals surface area contributed by atoms with Crippen LogP contribution < -0.4 is 5.32 Å². The first-order chi connectivity index (χ1) is 11.6. The molecular weight excluding hydrogens is 372 g/mol. The molecule has 0 bridgehead atoms. The van der Waals surface area contributed by atoms with Crippen LogP contribution in [0.25, 0.3) is 0 Å². The van der Waals surface area contributed by atoms with Gasteiger partial charge < -0.3 is 14.6 Å². The number of nitrogens with one attached hydrogen (secondary N) is 1. The van der Waals surface area contributed by atoms with E-state index in [1.165, 1.54) is 6.26 Å². The van der Waals surface area contributed by atoms with Crippen molar-refractivity contribution in [2.24, 2.45) is 5.92 Å². The minimum absolute atomic E-state index is 0.0437. The van der Waals surface area contributed by atoms with Crippen LogP contribution >= 0.6 is 15.9 Å². The molecule has 24 heavy (non-hydrogen) atoms. The lowest BCUT2D eigenvalue weighted by Gasteiger charge is -2.30. The number of furan rings is 1. The van der Waals surface area contributed by atoms with Gasteiger partial charge in [-0.05, 0) is 42.7 Å². The molecule has 0 radical (unpaired) electrons. The van der Waals surface area contributed by atoms with Crippen molar-refractivity contribution >= 4 is 27.7 Å². The molecule has 0 saturated carbocycles. The highest BCUT2D eigenvalue weighted by atomic mass is 79.9. The Labute approximate surface area is 149 Å². The van der Waals surface area contributed by atoms with Crippen LogP contribution in [0.1, 0.15) is 29.0 Å². The van der Waals surface area contributed by atoms with E-state index in [2.05, 4.69) is 21.2 Å². The maximum atomic E-state index is 12.3. The number of carbonyl (C=O) groups excluding carboxylic acids is 2. The lowest BCUT2D eigenvalue weighted by molar-refractivity contribution is -0.126. The van der Waals surface area contributed by atoms with Crippen LogP contribution in [0.3, 0.4) is 0 Å². The monoisotopic (exact) mass is 390 g/mol. The average Bonchev–Trinajstić information content (AvgIpc) is 3.14. The second-order valence-electron chi connectivity index (χ2n) is 5.89. The molecule has 0 unspecified atom stereocenters. The van der Waals surface area contributed by atoms with Crippen LogP contribution in [-0.2, 0) is 11.3 Å². The number of benzene rings is 1. The molecular formula is C18H19BrN2O3. The predicted octanol–water partition coefficient (Wildman–Crippen LogP) is 3.21. The van der Waals surface area contributed by atoms with Crippen LogP contribution in [0.2, 0.25) is 0 Å². The van der Waals surface area contributed by atoms with Gasteiger partial charge in [0.1, 0.15) is 0 Å². The van der Waals surface area contributed by atoms with Crippen molar-refractivity contribution in [2.45, 2.75) is 19.4 Å². The minimum Gasteiger partial charge on any atom is -0.459 e. The summed E-state index contributed by atoms with van der Waals surface area (Å²) < 4.78 is 6.14. The largest absolute Gasteiger partial charge is 0.459 e. The van der Waals surface area contributed by atoms with E-state index in [1.54, 1.807) is 17.0 Å². The third kappa shape index (κ3) is 4.06. The van der Waals surface area contributed by atoms with E-state index in [9.17, 15) is 9.59 Å². The number of halogens is 1. The van der Waals surface area contributed by atoms with Gasteiger partial charge in [-0.15, -0.1) is 0 Å². The Hall–Kier alpha value is -2.08. The van der Waals surface area contributed by atoms with Crippen molar-refractivity contribution in [3.05, 3.63) is 58.5 Å². The van der Waals surface area contributed by atoms with Crippen LogP contribution in [0.5, 0.6) is 0 Å². The molecule has 1 fully saturated rings. The smallest absolute Gasteiger partial charge is 0.289 e. The van der Waals surface area contributed by atoms with Crippen molar-refractivity contribution in [3.8, 4) is 0 Å². The molecule has 0 spiro atoms. The highest BCUT2D eigenvalue weighted by Crippen LogP contribution is 2.20. The summed E-state index contributed by atoms with van der Waals surface area (Å²) in [5.74, 6) is 0.262. The maximum absolute atomic E-state index is 12.3. The number of nitrogens with zero attached hydrogens (tertiary/aromatic N) is 1. The van der Waals surface area contributed by atoms with E-state index < -0.39 is 0 Å². The van der Waals surface area contributed by atoms with Gasteiger partial charge in [-0.1, -0.05) is 28.1 Å². The van der Waals surface area contributed by atoms with E-state index in [0.717, 1.165) is 10.0 Å². The first-order valence-corrected chi connectivity index (χ1v) is 8.78. The average molecular weight is 391 g/mol. The fourth-order valence-corrected chi connectivity index (χ4v) is 3.33. The molecule has 0 atom stereocenters.